The first kappa shape index (κ1) is 28.0. The van der Waals surface area contributed by atoms with E-state index < -0.39 is 21.3 Å². The molecular weight excluding hydrogens is 566 g/mol. The van der Waals surface area contributed by atoms with E-state index in [1.807, 2.05) is 36.4 Å². The minimum absolute atomic E-state index is 0.0101. The van der Waals surface area contributed by atoms with Gasteiger partial charge in [-0.15, -0.1) is 0 Å². The van der Waals surface area contributed by atoms with Gasteiger partial charge in [-0.25, -0.2) is 18.4 Å². The number of aromatic nitrogens is 2. The normalized spacial score (nSPS) is 17.7. The Bertz CT molecular complexity index is 1930. The Hall–Kier alpha value is -5.16. The summed E-state index contributed by atoms with van der Waals surface area (Å²) in [5.74, 6) is 0.597. The van der Waals surface area contributed by atoms with Crippen LogP contribution in [0.3, 0.4) is 0 Å². The zero-order valence-corrected chi connectivity index (χ0v) is 24.3. The number of para-hydroxylation sites is 2. The number of nitrogens with zero attached hydrogens (tertiary/aromatic N) is 2. The van der Waals surface area contributed by atoms with Gasteiger partial charge in [0.2, 0.25) is 5.91 Å². The van der Waals surface area contributed by atoms with Crippen molar-refractivity contribution in [3.8, 4) is 11.5 Å². The van der Waals surface area contributed by atoms with E-state index in [0.29, 0.717) is 40.2 Å². The van der Waals surface area contributed by atoms with Crippen LogP contribution in [-0.4, -0.2) is 38.5 Å². The van der Waals surface area contributed by atoms with Gasteiger partial charge in [-0.1, -0.05) is 54.6 Å². The van der Waals surface area contributed by atoms with Crippen LogP contribution in [0.2, 0.25) is 0 Å². The molecule has 1 aliphatic rings. The Labute approximate surface area is 248 Å². The molecule has 0 bridgehead atoms. The molecule has 1 saturated carbocycles. The zero-order valence-electron chi connectivity index (χ0n) is 23.4. The number of fused-ring (bicyclic) bond motifs is 1. The second-order valence-electron chi connectivity index (χ2n) is 10.3. The molecule has 1 aromatic heterocycles. The molecule has 1 fully saturated rings. The Balaban J connectivity index is 1.37. The molecule has 43 heavy (non-hydrogen) atoms. The summed E-state index contributed by atoms with van der Waals surface area (Å²) >= 11 is 0. The molecule has 0 radical (unpaired) electrons. The van der Waals surface area contributed by atoms with Gasteiger partial charge in [-0.3, -0.25) is 9.52 Å². The van der Waals surface area contributed by atoms with Crippen molar-refractivity contribution in [2.24, 2.45) is 5.73 Å². The Morgan fingerprint density at radius 3 is 2.09 bits per heavy atom. The molecule has 11 heteroatoms. The van der Waals surface area contributed by atoms with Crippen LogP contribution in [0, 0.1) is 0 Å². The number of carbonyl (C=O) groups excluding carboxylic acids is 1. The smallest absolute Gasteiger partial charge is 0.263 e. The van der Waals surface area contributed by atoms with E-state index in [2.05, 4.69) is 20.0 Å². The van der Waals surface area contributed by atoms with Gasteiger partial charge in [0.15, 0.2) is 11.6 Å². The molecule has 1 amide bonds. The molecule has 5 aromatic rings. The summed E-state index contributed by atoms with van der Waals surface area (Å²) in [7, 11) is -1.11. The van der Waals surface area contributed by atoms with Crippen molar-refractivity contribution in [2.75, 3.05) is 24.3 Å². The largest absolute Gasteiger partial charge is 0.497 e. The number of amides is 1. The van der Waals surface area contributed by atoms with Crippen molar-refractivity contribution in [1.82, 2.24) is 9.97 Å². The van der Waals surface area contributed by atoms with E-state index in [9.17, 15) is 13.2 Å². The van der Waals surface area contributed by atoms with E-state index in [1.165, 1.54) is 26.4 Å². The molecule has 218 valence electrons. The molecule has 1 heterocycles. The van der Waals surface area contributed by atoms with Crippen LogP contribution in [0.25, 0.3) is 11.0 Å². The number of hydrogen-bond acceptors (Lipinski definition) is 8. The number of sulfonamides is 1. The second kappa shape index (κ2) is 10.9. The highest BCUT2D eigenvalue weighted by Gasteiger charge is 2.60. The summed E-state index contributed by atoms with van der Waals surface area (Å²) in [6.07, 6.45) is 0.498. The highest BCUT2D eigenvalue weighted by Crippen LogP contribution is 2.60. The van der Waals surface area contributed by atoms with Crippen molar-refractivity contribution >= 4 is 44.3 Å². The number of rotatable bonds is 10. The van der Waals surface area contributed by atoms with Crippen molar-refractivity contribution in [3.63, 3.8) is 0 Å². The number of carbonyl (C=O) groups is 1. The second-order valence-corrected chi connectivity index (χ2v) is 12.0. The minimum Gasteiger partial charge on any atom is -0.497 e. The Kier molecular flexibility index (Phi) is 7.10. The first-order valence-electron chi connectivity index (χ1n) is 13.5. The summed E-state index contributed by atoms with van der Waals surface area (Å²) < 4.78 is 40.9. The van der Waals surface area contributed by atoms with Gasteiger partial charge in [0, 0.05) is 29.8 Å². The molecule has 0 spiro atoms. The lowest BCUT2D eigenvalue weighted by molar-refractivity contribution is -0.120. The number of hydrogen-bond donors (Lipinski definition) is 3. The number of nitrogens with two attached hydrogens (primary N) is 1. The van der Waals surface area contributed by atoms with Gasteiger partial charge in [-0.2, -0.15) is 0 Å². The van der Waals surface area contributed by atoms with E-state index in [1.54, 1.807) is 48.5 Å². The number of ether oxygens (including phenoxy) is 2. The SMILES string of the molecule is COc1cc(Nc2nc3ccccc3nc2NS(=O)(=O)c2cccc(C3(C(N)=O)CC3c3ccccc3)c2)cc(OC)c1. The van der Waals surface area contributed by atoms with Crippen molar-refractivity contribution in [3.05, 3.63) is 108 Å². The van der Waals surface area contributed by atoms with Gasteiger partial charge >= 0.3 is 0 Å². The quantitative estimate of drug-likeness (QED) is 0.202. The van der Waals surface area contributed by atoms with Crippen LogP contribution >= 0.6 is 0 Å². The van der Waals surface area contributed by atoms with Gasteiger partial charge in [0.25, 0.3) is 10.0 Å². The number of primary amides is 1. The Morgan fingerprint density at radius 2 is 1.47 bits per heavy atom. The fourth-order valence-electron chi connectivity index (χ4n) is 5.39. The lowest BCUT2D eigenvalue weighted by Crippen LogP contribution is -2.30. The molecule has 4 aromatic carbocycles. The molecule has 0 saturated heterocycles. The maximum atomic E-state index is 13.8. The fourth-order valence-corrected chi connectivity index (χ4v) is 6.44. The molecule has 0 aliphatic heterocycles. The molecule has 10 nitrogen and oxygen atoms in total. The predicted molar refractivity (Wildman–Crippen MR) is 164 cm³/mol. The highest BCUT2D eigenvalue weighted by atomic mass is 32.2. The molecule has 2 unspecified atom stereocenters. The number of nitrogens with one attached hydrogen (secondary N) is 2. The van der Waals surface area contributed by atoms with Gasteiger partial charge < -0.3 is 20.5 Å². The van der Waals surface area contributed by atoms with Crippen LogP contribution in [-0.2, 0) is 20.2 Å². The maximum absolute atomic E-state index is 13.8. The minimum atomic E-state index is -4.18. The van der Waals surface area contributed by atoms with Crippen LogP contribution in [0.5, 0.6) is 11.5 Å². The van der Waals surface area contributed by atoms with E-state index >= 15 is 0 Å². The lowest BCUT2D eigenvalue weighted by Gasteiger charge is -2.17. The molecular formula is C32H29N5O5S. The molecule has 4 N–H and O–H groups in total. The van der Waals surface area contributed by atoms with Crippen molar-refractivity contribution in [1.29, 1.82) is 0 Å². The van der Waals surface area contributed by atoms with Crippen LogP contribution in [0.15, 0.2) is 102 Å². The Morgan fingerprint density at radius 1 is 0.837 bits per heavy atom. The average molecular weight is 596 g/mol. The summed E-state index contributed by atoms with van der Waals surface area (Å²) in [4.78, 5) is 22.0. The predicted octanol–water partition coefficient (Wildman–Crippen LogP) is 5.10. The third-order valence-corrected chi connectivity index (χ3v) is 9.01. The summed E-state index contributed by atoms with van der Waals surface area (Å²) in [5.41, 5.74) is 8.05. The lowest BCUT2D eigenvalue weighted by atomic mass is 9.90. The molecule has 1 aliphatic carbocycles. The van der Waals surface area contributed by atoms with Crippen molar-refractivity contribution < 1.29 is 22.7 Å². The molecule has 6 rings (SSSR count). The third-order valence-electron chi connectivity index (χ3n) is 7.68. The first-order valence-corrected chi connectivity index (χ1v) is 15.0. The van der Waals surface area contributed by atoms with Crippen LogP contribution in [0.1, 0.15) is 23.5 Å². The average Bonchev–Trinajstić information content (AvgIpc) is 3.79. The highest BCUT2D eigenvalue weighted by molar-refractivity contribution is 7.92. The van der Waals surface area contributed by atoms with Crippen LogP contribution < -0.4 is 25.2 Å². The monoisotopic (exact) mass is 595 g/mol. The first-order chi connectivity index (χ1) is 20.7. The maximum Gasteiger partial charge on any atom is 0.263 e. The summed E-state index contributed by atoms with van der Waals surface area (Å²) in [6.45, 7) is 0. The van der Waals surface area contributed by atoms with E-state index in [-0.39, 0.29) is 22.4 Å². The van der Waals surface area contributed by atoms with Crippen molar-refractivity contribution in [2.45, 2.75) is 22.6 Å². The van der Waals surface area contributed by atoms with E-state index in [0.717, 1.165) is 5.56 Å². The topological polar surface area (TPSA) is 146 Å². The third kappa shape index (κ3) is 5.30. The van der Waals surface area contributed by atoms with Crippen LogP contribution in [0.4, 0.5) is 17.3 Å². The molecule has 2 atom stereocenters. The van der Waals surface area contributed by atoms with Gasteiger partial charge in [0.1, 0.15) is 11.5 Å². The standard InChI is InChI=1S/C32H29N5O5S/c1-41-23-16-22(17-24(18-23)42-2)34-29-30(36-28-14-7-6-13-27(28)35-29)37-43(39,40)25-12-8-11-21(15-25)32(31(33)38)19-26(32)20-9-4-3-5-10-20/h3-18,26H,19H2,1-2H3,(H2,33,38)(H,34,35)(H,36,37). The van der Waals surface area contributed by atoms with Gasteiger partial charge in [0.05, 0.1) is 35.6 Å². The summed E-state index contributed by atoms with van der Waals surface area (Å²) in [5, 5.41) is 3.15. The number of anilines is 3. The summed E-state index contributed by atoms with van der Waals surface area (Å²) in [6, 6.07) is 28.2. The number of benzene rings is 4. The van der Waals surface area contributed by atoms with Gasteiger partial charge in [-0.05, 0) is 41.8 Å². The van der Waals surface area contributed by atoms with E-state index in [4.69, 9.17) is 15.2 Å². The fraction of sp³-hybridized carbons (Fsp3) is 0.156. The zero-order chi connectivity index (χ0) is 30.2. The number of methoxy groups -OCH3 is 2.